The first-order chi connectivity index (χ1) is 13.8. The standard InChI is InChI=1S/C22H26N4O3/c1-13(2)8-20(27)26-10-16-7-5-4-6-15(16)9-19(26)22(29)25-11-17-18(12-25)23-14(3)24-21(17)28/h4-7,13,19H,8-12H2,1-3H3,(H,23,24,28). The third-order valence-corrected chi connectivity index (χ3v) is 5.66. The van der Waals surface area contributed by atoms with Gasteiger partial charge in [0.2, 0.25) is 11.8 Å². The Kier molecular flexibility index (Phi) is 4.98. The number of nitrogens with zero attached hydrogens (tertiary/aromatic N) is 3. The lowest BCUT2D eigenvalue weighted by Crippen LogP contribution is -2.52. The molecule has 1 unspecified atom stereocenters. The first-order valence-corrected chi connectivity index (χ1v) is 10.1. The van der Waals surface area contributed by atoms with Gasteiger partial charge >= 0.3 is 0 Å². The fourth-order valence-corrected chi connectivity index (χ4v) is 4.23. The normalized spacial score (nSPS) is 18.0. The molecule has 152 valence electrons. The number of benzene rings is 1. The number of carbonyl (C=O) groups is 2. The smallest absolute Gasteiger partial charge is 0.256 e. The van der Waals surface area contributed by atoms with E-state index in [1.165, 1.54) is 0 Å². The van der Waals surface area contributed by atoms with Crippen LogP contribution in [-0.2, 0) is 35.6 Å². The van der Waals surface area contributed by atoms with Crippen molar-refractivity contribution in [2.45, 2.75) is 59.3 Å². The van der Waals surface area contributed by atoms with Crippen LogP contribution < -0.4 is 5.56 Å². The molecule has 2 aliphatic heterocycles. The molecule has 0 radical (unpaired) electrons. The maximum atomic E-state index is 13.5. The van der Waals surface area contributed by atoms with Gasteiger partial charge in [-0.1, -0.05) is 38.1 Å². The van der Waals surface area contributed by atoms with Gasteiger partial charge in [-0.3, -0.25) is 14.4 Å². The lowest BCUT2D eigenvalue weighted by atomic mass is 9.92. The average molecular weight is 394 g/mol. The molecule has 7 heteroatoms. The molecule has 2 amide bonds. The van der Waals surface area contributed by atoms with Gasteiger partial charge in [0.15, 0.2) is 0 Å². The SMILES string of the molecule is Cc1nc2c(c(=O)[nH]1)CN(C(=O)C1Cc3ccccc3CN1C(=O)CC(C)C)C2. The Morgan fingerprint density at radius 1 is 1.17 bits per heavy atom. The Labute approximate surface area is 169 Å². The van der Waals surface area contributed by atoms with E-state index in [1.807, 2.05) is 38.1 Å². The van der Waals surface area contributed by atoms with Crippen LogP contribution in [0.3, 0.4) is 0 Å². The highest BCUT2D eigenvalue weighted by molar-refractivity contribution is 5.89. The number of aromatic nitrogens is 2. The predicted octanol–water partition coefficient (Wildman–Crippen LogP) is 1.92. The molecule has 0 saturated carbocycles. The zero-order valence-electron chi connectivity index (χ0n) is 17.1. The molecule has 0 saturated heterocycles. The molecule has 0 spiro atoms. The average Bonchev–Trinajstić information content (AvgIpc) is 3.10. The topological polar surface area (TPSA) is 86.4 Å². The second kappa shape index (κ2) is 7.46. The Hall–Kier alpha value is -2.96. The van der Waals surface area contributed by atoms with Crippen LogP contribution in [0.2, 0.25) is 0 Å². The van der Waals surface area contributed by atoms with Crippen molar-refractivity contribution >= 4 is 11.8 Å². The van der Waals surface area contributed by atoms with E-state index in [-0.39, 0.29) is 29.8 Å². The fourth-order valence-electron chi connectivity index (χ4n) is 4.23. The Morgan fingerprint density at radius 2 is 1.90 bits per heavy atom. The molecule has 29 heavy (non-hydrogen) atoms. The number of H-pyrrole nitrogens is 1. The summed E-state index contributed by atoms with van der Waals surface area (Å²) < 4.78 is 0. The fraction of sp³-hybridized carbons (Fsp3) is 0.455. The molecule has 1 atom stereocenters. The highest BCUT2D eigenvalue weighted by atomic mass is 16.2. The van der Waals surface area contributed by atoms with E-state index in [4.69, 9.17) is 0 Å². The molecular weight excluding hydrogens is 368 g/mol. The van der Waals surface area contributed by atoms with E-state index in [1.54, 1.807) is 16.7 Å². The Bertz CT molecular complexity index is 1030. The van der Waals surface area contributed by atoms with Crippen LogP contribution in [0.1, 0.15) is 48.5 Å². The molecule has 2 aromatic rings. The summed E-state index contributed by atoms with van der Waals surface area (Å²) in [4.78, 5) is 49.1. The number of aryl methyl sites for hydroxylation is 1. The van der Waals surface area contributed by atoms with Crippen molar-refractivity contribution < 1.29 is 9.59 Å². The number of nitrogens with one attached hydrogen (secondary N) is 1. The minimum absolute atomic E-state index is 0.00335. The van der Waals surface area contributed by atoms with Gasteiger partial charge in [0, 0.05) is 19.4 Å². The van der Waals surface area contributed by atoms with Gasteiger partial charge in [-0.2, -0.15) is 0 Å². The first kappa shape index (κ1) is 19.4. The van der Waals surface area contributed by atoms with Gasteiger partial charge in [0.25, 0.3) is 5.56 Å². The lowest BCUT2D eigenvalue weighted by molar-refractivity contribution is -0.148. The highest BCUT2D eigenvalue weighted by Crippen LogP contribution is 2.28. The zero-order chi connectivity index (χ0) is 20.7. The number of amides is 2. The van der Waals surface area contributed by atoms with Crippen molar-refractivity contribution in [3.63, 3.8) is 0 Å². The molecule has 4 rings (SSSR count). The van der Waals surface area contributed by atoms with E-state index in [0.29, 0.717) is 43.0 Å². The summed E-state index contributed by atoms with van der Waals surface area (Å²) >= 11 is 0. The van der Waals surface area contributed by atoms with Crippen LogP contribution >= 0.6 is 0 Å². The molecule has 0 bridgehead atoms. The molecule has 7 nitrogen and oxygen atoms in total. The van der Waals surface area contributed by atoms with Crippen molar-refractivity contribution in [2.24, 2.45) is 5.92 Å². The van der Waals surface area contributed by atoms with Gasteiger partial charge < -0.3 is 14.8 Å². The maximum Gasteiger partial charge on any atom is 0.256 e. The summed E-state index contributed by atoms with van der Waals surface area (Å²) in [5, 5.41) is 0. The second-order valence-electron chi connectivity index (χ2n) is 8.38. The Balaban J connectivity index is 1.62. The van der Waals surface area contributed by atoms with Crippen molar-refractivity contribution in [1.82, 2.24) is 19.8 Å². The van der Waals surface area contributed by atoms with Crippen LogP contribution in [0.25, 0.3) is 0 Å². The molecule has 1 aromatic carbocycles. The zero-order valence-corrected chi connectivity index (χ0v) is 17.1. The van der Waals surface area contributed by atoms with Crippen LogP contribution in [0.5, 0.6) is 0 Å². The number of aromatic amines is 1. The van der Waals surface area contributed by atoms with Gasteiger partial charge in [-0.15, -0.1) is 0 Å². The third-order valence-electron chi connectivity index (χ3n) is 5.66. The van der Waals surface area contributed by atoms with Crippen LogP contribution in [0.15, 0.2) is 29.1 Å². The maximum absolute atomic E-state index is 13.5. The summed E-state index contributed by atoms with van der Waals surface area (Å²) in [5.41, 5.74) is 3.19. The van der Waals surface area contributed by atoms with Crippen molar-refractivity contribution in [3.8, 4) is 0 Å². The van der Waals surface area contributed by atoms with Crippen molar-refractivity contribution in [1.29, 1.82) is 0 Å². The largest absolute Gasteiger partial charge is 0.330 e. The van der Waals surface area contributed by atoms with Gasteiger partial charge in [-0.25, -0.2) is 4.98 Å². The molecule has 2 aliphatic rings. The number of carbonyl (C=O) groups excluding carboxylic acids is 2. The molecule has 0 aliphatic carbocycles. The molecule has 1 N–H and O–H groups in total. The predicted molar refractivity (Wildman–Crippen MR) is 108 cm³/mol. The van der Waals surface area contributed by atoms with Gasteiger partial charge in [-0.05, 0) is 24.0 Å². The molecule has 1 aromatic heterocycles. The Morgan fingerprint density at radius 3 is 2.62 bits per heavy atom. The minimum Gasteiger partial charge on any atom is -0.330 e. The van der Waals surface area contributed by atoms with E-state index < -0.39 is 6.04 Å². The summed E-state index contributed by atoms with van der Waals surface area (Å²) in [6, 6.07) is 7.41. The van der Waals surface area contributed by atoms with Crippen molar-refractivity contribution in [2.75, 3.05) is 0 Å². The molecule has 3 heterocycles. The summed E-state index contributed by atoms with van der Waals surface area (Å²) in [6.45, 7) is 6.73. The summed E-state index contributed by atoms with van der Waals surface area (Å²) in [5.74, 6) is 0.642. The number of hydrogen-bond acceptors (Lipinski definition) is 4. The number of rotatable bonds is 3. The lowest BCUT2D eigenvalue weighted by Gasteiger charge is -2.38. The van der Waals surface area contributed by atoms with E-state index in [0.717, 1.165) is 11.1 Å². The number of hydrogen-bond donors (Lipinski definition) is 1. The minimum atomic E-state index is -0.550. The number of fused-ring (bicyclic) bond motifs is 2. The quantitative estimate of drug-likeness (QED) is 0.862. The van der Waals surface area contributed by atoms with Gasteiger partial charge in [0.1, 0.15) is 11.9 Å². The first-order valence-electron chi connectivity index (χ1n) is 10.1. The second-order valence-corrected chi connectivity index (χ2v) is 8.38. The monoisotopic (exact) mass is 394 g/mol. The third kappa shape index (κ3) is 3.69. The van der Waals surface area contributed by atoms with E-state index >= 15 is 0 Å². The van der Waals surface area contributed by atoms with Crippen LogP contribution in [0.4, 0.5) is 0 Å². The molecular formula is C22H26N4O3. The van der Waals surface area contributed by atoms with E-state index in [9.17, 15) is 14.4 Å². The van der Waals surface area contributed by atoms with Gasteiger partial charge in [0.05, 0.1) is 24.3 Å². The molecule has 0 fully saturated rings. The highest BCUT2D eigenvalue weighted by Gasteiger charge is 2.39. The van der Waals surface area contributed by atoms with Crippen molar-refractivity contribution in [3.05, 3.63) is 62.8 Å². The summed E-state index contributed by atoms with van der Waals surface area (Å²) in [6.07, 6.45) is 0.904. The van der Waals surface area contributed by atoms with Crippen LogP contribution in [0, 0.1) is 12.8 Å². The summed E-state index contributed by atoms with van der Waals surface area (Å²) in [7, 11) is 0. The van der Waals surface area contributed by atoms with E-state index in [2.05, 4.69) is 9.97 Å². The van der Waals surface area contributed by atoms with Crippen LogP contribution in [-0.4, -0.2) is 37.6 Å².